The number of nitrogens with zero attached hydrogens (tertiary/aromatic N) is 2. The van der Waals surface area contributed by atoms with Gasteiger partial charge in [0.25, 0.3) is 0 Å². The van der Waals surface area contributed by atoms with Gasteiger partial charge >= 0.3 is 0 Å². The highest BCUT2D eigenvalue weighted by molar-refractivity contribution is 5.80. The Morgan fingerprint density at radius 3 is 2.52 bits per heavy atom. The Morgan fingerprint density at radius 1 is 1.09 bits per heavy atom. The van der Waals surface area contributed by atoms with Crippen molar-refractivity contribution in [3.05, 3.63) is 30.6 Å². The fraction of sp³-hybridized carbons (Fsp3) is 0.579. The average Bonchev–Trinajstić information content (AvgIpc) is 2.93. The molecule has 1 aromatic heterocycles. The number of amides is 1. The molecule has 0 radical (unpaired) electrons. The summed E-state index contributed by atoms with van der Waals surface area (Å²) in [5.41, 5.74) is 1.99. The molecule has 1 heterocycles. The van der Waals surface area contributed by atoms with Crippen LogP contribution < -0.4 is 5.32 Å². The van der Waals surface area contributed by atoms with E-state index in [0.717, 1.165) is 34.7 Å². The summed E-state index contributed by atoms with van der Waals surface area (Å²) in [7, 11) is 0. The van der Waals surface area contributed by atoms with Gasteiger partial charge in [-0.05, 0) is 67.9 Å². The minimum absolute atomic E-state index is 0.144. The molecule has 4 heteroatoms. The average molecular weight is 309 g/mol. The number of fused-ring (bicyclic) bond motifs is 1. The number of hydrogen-bond donors (Lipinski definition) is 1. The molecule has 0 saturated heterocycles. The molecule has 120 valence electrons. The Balaban J connectivity index is 1.30. The molecule has 2 aromatic rings. The molecule has 1 amide bonds. The van der Waals surface area contributed by atoms with Crippen molar-refractivity contribution in [3.8, 4) is 0 Å². The van der Waals surface area contributed by atoms with Crippen LogP contribution >= 0.6 is 0 Å². The third-order valence-corrected chi connectivity index (χ3v) is 6.40. The minimum Gasteiger partial charge on any atom is -0.351 e. The summed E-state index contributed by atoms with van der Waals surface area (Å²) < 4.78 is 1.96. The van der Waals surface area contributed by atoms with Crippen molar-refractivity contribution < 1.29 is 4.79 Å². The molecule has 6 rings (SSSR count). The predicted molar refractivity (Wildman–Crippen MR) is 88.7 cm³/mol. The van der Waals surface area contributed by atoms with Crippen molar-refractivity contribution in [1.29, 1.82) is 0 Å². The minimum atomic E-state index is 0.144. The van der Waals surface area contributed by atoms with Crippen LogP contribution in [-0.2, 0) is 11.3 Å². The van der Waals surface area contributed by atoms with Gasteiger partial charge in [-0.15, -0.1) is 0 Å². The van der Waals surface area contributed by atoms with Crippen molar-refractivity contribution in [2.45, 2.75) is 44.7 Å². The summed E-state index contributed by atoms with van der Waals surface area (Å²) in [5, 5.41) is 3.38. The Morgan fingerprint density at radius 2 is 1.78 bits per heavy atom. The molecule has 0 aliphatic heterocycles. The van der Waals surface area contributed by atoms with E-state index in [1.165, 1.54) is 32.1 Å². The first-order chi connectivity index (χ1) is 11.3. The maximum atomic E-state index is 12.6. The van der Waals surface area contributed by atoms with Gasteiger partial charge in [-0.2, -0.15) is 0 Å². The molecule has 4 bridgehead atoms. The van der Waals surface area contributed by atoms with E-state index in [2.05, 4.69) is 10.3 Å². The number of benzene rings is 1. The van der Waals surface area contributed by atoms with Crippen LogP contribution in [0.25, 0.3) is 11.0 Å². The number of nitrogens with one attached hydrogen (secondary N) is 1. The maximum Gasteiger partial charge on any atom is 0.240 e. The molecule has 4 saturated carbocycles. The summed E-state index contributed by atoms with van der Waals surface area (Å²) in [5.74, 6) is 3.50. The lowest BCUT2D eigenvalue weighted by Crippen LogP contribution is -2.56. The lowest BCUT2D eigenvalue weighted by atomic mass is 9.54. The second kappa shape index (κ2) is 5.08. The van der Waals surface area contributed by atoms with Crippen LogP contribution in [-0.4, -0.2) is 21.5 Å². The zero-order valence-electron chi connectivity index (χ0n) is 13.3. The first kappa shape index (κ1) is 13.6. The number of imidazole rings is 1. The van der Waals surface area contributed by atoms with E-state index in [-0.39, 0.29) is 5.91 Å². The third kappa shape index (κ3) is 2.27. The van der Waals surface area contributed by atoms with Crippen molar-refractivity contribution in [2.75, 3.05) is 0 Å². The number of rotatable bonds is 3. The fourth-order valence-electron chi connectivity index (χ4n) is 5.68. The van der Waals surface area contributed by atoms with Gasteiger partial charge in [0.05, 0.1) is 17.4 Å². The smallest absolute Gasteiger partial charge is 0.240 e. The number of carbonyl (C=O) groups is 1. The number of carbonyl (C=O) groups excluding carboxylic acids is 1. The summed E-state index contributed by atoms with van der Waals surface area (Å²) in [4.78, 5) is 17.0. The Labute approximate surface area is 136 Å². The highest BCUT2D eigenvalue weighted by Crippen LogP contribution is 2.53. The molecule has 0 atom stereocenters. The topological polar surface area (TPSA) is 46.9 Å². The van der Waals surface area contributed by atoms with Gasteiger partial charge in [-0.3, -0.25) is 4.79 Å². The Hall–Kier alpha value is -1.84. The van der Waals surface area contributed by atoms with Crippen molar-refractivity contribution >= 4 is 16.9 Å². The van der Waals surface area contributed by atoms with Gasteiger partial charge in [-0.1, -0.05) is 12.1 Å². The van der Waals surface area contributed by atoms with Crippen molar-refractivity contribution in [2.24, 2.45) is 23.7 Å². The molecule has 0 spiro atoms. The van der Waals surface area contributed by atoms with Gasteiger partial charge in [-0.25, -0.2) is 4.98 Å². The van der Waals surface area contributed by atoms with Crippen LogP contribution in [0.15, 0.2) is 30.6 Å². The largest absolute Gasteiger partial charge is 0.351 e. The zero-order chi connectivity index (χ0) is 15.4. The van der Waals surface area contributed by atoms with Crippen LogP contribution in [0.4, 0.5) is 0 Å². The third-order valence-electron chi connectivity index (χ3n) is 6.40. The van der Waals surface area contributed by atoms with Crippen LogP contribution in [0.1, 0.15) is 32.1 Å². The van der Waals surface area contributed by atoms with E-state index in [4.69, 9.17) is 0 Å². The van der Waals surface area contributed by atoms with Gasteiger partial charge in [0.15, 0.2) is 0 Å². The lowest BCUT2D eigenvalue weighted by Gasteiger charge is -2.54. The van der Waals surface area contributed by atoms with Crippen molar-refractivity contribution in [1.82, 2.24) is 14.9 Å². The summed E-state index contributed by atoms with van der Waals surface area (Å²) in [6.45, 7) is 0.378. The molecular formula is C19H23N3O. The van der Waals surface area contributed by atoms with Gasteiger partial charge in [0.2, 0.25) is 5.91 Å². The molecule has 4 aliphatic rings. The first-order valence-electron chi connectivity index (χ1n) is 8.95. The molecule has 4 nitrogen and oxygen atoms in total. The van der Waals surface area contributed by atoms with E-state index in [0.29, 0.717) is 12.6 Å². The molecule has 4 fully saturated rings. The van der Waals surface area contributed by atoms with E-state index >= 15 is 0 Å². The molecule has 0 unspecified atom stereocenters. The number of hydrogen-bond acceptors (Lipinski definition) is 2. The maximum absolute atomic E-state index is 12.6. The molecule has 1 N–H and O–H groups in total. The van der Waals surface area contributed by atoms with Gasteiger partial charge in [0.1, 0.15) is 6.54 Å². The highest BCUT2D eigenvalue weighted by Gasteiger charge is 2.48. The summed E-state index contributed by atoms with van der Waals surface area (Å²) in [6, 6.07) is 8.41. The highest BCUT2D eigenvalue weighted by atomic mass is 16.2. The molecular weight excluding hydrogens is 286 g/mol. The summed E-state index contributed by atoms with van der Waals surface area (Å²) >= 11 is 0. The normalized spacial score (nSPS) is 34.9. The number of aromatic nitrogens is 2. The van der Waals surface area contributed by atoms with Crippen LogP contribution in [0.3, 0.4) is 0 Å². The van der Waals surface area contributed by atoms with E-state index in [9.17, 15) is 4.79 Å². The van der Waals surface area contributed by atoms with Gasteiger partial charge < -0.3 is 9.88 Å². The standard InChI is InChI=1S/C19H23N3O/c23-18(10-22-11-20-16-3-1-2-4-17(16)22)21-19-14-6-12-5-13(8-14)9-15(19)7-12/h1-4,11-15,19H,5-10H2,(H,21,23). The number of para-hydroxylation sites is 2. The van der Waals surface area contributed by atoms with E-state index < -0.39 is 0 Å². The predicted octanol–water partition coefficient (Wildman–Crippen LogP) is 2.98. The molecule has 4 aliphatic carbocycles. The van der Waals surface area contributed by atoms with Crippen molar-refractivity contribution in [3.63, 3.8) is 0 Å². The second-order valence-corrected chi connectivity index (χ2v) is 7.89. The Kier molecular flexibility index (Phi) is 3.00. The lowest BCUT2D eigenvalue weighted by molar-refractivity contribution is -0.125. The monoisotopic (exact) mass is 309 g/mol. The molecule has 1 aromatic carbocycles. The van der Waals surface area contributed by atoms with Gasteiger partial charge in [0, 0.05) is 6.04 Å². The van der Waals surface area contributed by atoms with Crippen LogP contribution in [0.5, 0.6) is 0 Å². The Bertz CT molecular complexity index is 722. The summed E-state index contributed by atoms with van der Waals surface area (Å²) in [6.07, 6.45) is 8.59. The molecule has 23 heavy (non-hydrogen) atoms. The van der Waals surface area contributed by atoms with E-state index in [1.807, 2.05) is 28.8 Å². The second-order valence-electron chi connectivity index (χ2n) is 7.89. The SMILES string of the molecule is O=C(Cn1cnc2ccccc21)NC1C2CC3CC(C2)CC1C3. The fourth-order valence-corrected chi connectivity index (χ4v) is 5.68. The first-order valence-corrected chi connectivity index (χ1v) is 8.95. The van der Waals surface area contributed by atoms with E-state index in [1.54, 1.807) is 6.33 Å². The quantitative estimate of drug-likeness (QED) is 0.947. The van der Waals surface area contributed by atoms with Crippen LogP contribution in [0.2, 0.25) is 0 Å². The zero-order valence-corrected chi connectivity index (χ0v) is 13.3. The van der Waals surface area contributed by atoms with Crippen LogP contribution in [0, 0.1) is 23.7 Å².